The summed E-state index contributed by atoms with van der Waals surface area (Å²) < 4.78 is 12.7. The molecule has 0 atom stereocenters. The summed E-state index contributed by atoms with van der Waals surface area (Å²) in [4.78, 5) is 7.10. The first-order valence-corrected chi connectivity index (χ1v) is 15.0. The van der Waals surface area contributed by atoms with Gasteiger partial charge in [-0.25, -0.2) is 4.98 Å². The Morgan fingerprint density at radius 1 is 0.444 bits per heavy atom. The molecule has 0 unspecified atom stereocenters. The maximum absolute atomic E-state index is 6.40. The predicted molar refractivity (Wildman–Crippen MR) is 184 cm³/mol. The molecule has 7 aromatic carbocycles. The number of para-hydroxylation sites is 2. The Bertz CT molecular complexity index is 2510. The molecule has 0 saturated heterocycles. The first-order chi connectivity index (χ1) is 22.3. The molecule has 9 aromatic rings. The van der Waals surface area contributed by atoms with E-state index in [0.29, 0.717) is 5.89 Å². The van der Waals surface area contributed by atoms with Crippen molar-refractivity contribution in [2.75, 3.05) is 4.90 Å². The Morgan fingerprint density at radius 3 is 2.09 bits per heavy atom. The second-order valence-corrected chi connectivity index (χ2v) is 11.2. The summed E-state index contributed by atoms with van der Waals surface area (Å²) in [7, 11) is 0. The van der Waals surface area contributed by atoms with Crippen LogP contribution in [0.15, 0.2) is 167 Å². The Labute approximate surface area is 259 Å². The maximum atomic E-state index is 6.40. The van der Waals surface area contributed by atoms with Crippen molar-refractivity contribution >= 4 is 60.9 Å². The van der Waals surface area contributed by atoms with Crippen molar-refractivity contribution in [3.8, 4) is 22.6 Å². The molecule has 0 N–H and O–H groups in total. The van der Waals surface area contributed by atoms with Gasteiger partial charge in [-0.2, -0.15) is 0 Å². The van der Waals surface area contributed by atoms with E-state index in [-0.39, 0.29) is 0 Å². The lowest BCUT2D eigenvalue weighted by atomic mass is 10.0. The Kier molecular flexibility index (Phi) is 5.78. The van der Waals surface area contributed by atoms with Crippen molar-refractivity contribution in [1.82, 2.24) is 4.98 Å². The maximum Gasteiger partial charge on any atom is 0.227 e. The van der Waals surface area contributed by atoms with Crippen LogP contribution in [0.5, 0.6) is 0 Å². The number of benzene rings is 7. The van der Waals surface area contributed by atoms with Gasteiger partial charge in [-0.15, -0.1) is 0 Å². The fourth-order valence-electron chi connectivity index (χ4n) is 6.31. The van der Waals surface area contributed by atoms with E-state index in [1.807, 2.05) is 54.6 Å². The summed E-state index contributed by atoms with van der Waals surface area (Å²) in [6, 6.07) is 54.5. The van der Waals surface area contributed by atoms with Crippen LogP contribution in [0.25, 0.3) is 66.4 Å². The van der Waals surface area contributed by atoms with E-state index >= 15 is 0 Å². The monoisotopic (exact) mass is 578 g/mol. The molecule has 0 bridgehead atoms. The predicted octanol–water partition coefficient (Wildman–Crippen LogP) is 11.7. The quantitative estimate of drug-likeness (QED) is 0.204. The molecule has 0 aliphatic carbocycles. The van der Waals surface area contributed by atoms with Gasteiger partial charge in [-0.3, -0.25) is 0 Å². The van der Waals surface area contributed by atoms with Crippen molar-refractivity contribution in [1.29, 1.82) is 0 Å². The fourth-order valence-corrected chi connectivity index (χ4v) is 6.31. The highest BCUT2D eigenvalue weighted by atomic mass is 16.3. The van der Waals surface area contributed by atoms with Gasteiger partial charge in [0, 0.05) is 45.0 Å². The lowest BCUT2D eigenvalue weighted by Gasteiger charge is -2.26. The van der Waals surface area contributed by atoms with Crippen molar-refractivity contribution in [3.05, 3.63) is 158 Å². The second-order valence-electron chi connectivity index (χ2n) is 11.2. The minimum atomic E-state index is 0.617. The lowest BCUT2D eigenvalue weighted by Crippen LogP contribution is -2.10. The number of fused-ring (bicyclic) bond motifs is 5. The van der Waals surface area contributed by atoms with Crippen LogP contribution in [-0.2, 0) is 0 Å². The summed E-state index contributed by atoms with van der Waals surface area (Å²) >= 11 is 0. The Hall–Kier alpha value is -6.13. The van der Waals surface area contributed by atoms with E-state index < -0.39 is 0 Å². The van der Waals surface area contributed by atoms with E-state index in [1.165, 1.54) is 10.8 Å². The van der Waals surface area contributed by atoms with Gasteiger partial charge in [0.1, 0.15) is 16.7 Å². The number of oxazole rings is 1. The number of nitrogens with zero attached hydrogens (tertiary/aromatic N) is 2. The molecule has 4 heteroatoms. The minimum Gasteiger partial charge on any atom is -0.456 e. The second kappa shape index (κ2) is 10.2. The third kappa shape index (κ3) is 4.35. The van der Waals surface area contributed by atoms with Crippen LogP contribution >= 0.6 is 0 Å². The molecule has 0 radical (unpaired) electrons. The van der Waals surface area contributed by atoms with Gasteiger partial charge in [-0.05, 0) is 77.0 Å². The molecule has 0 saturated carbocycles. The molecule has 0 spiro atoms. The van der Waals surface area contributed by atoms with Crippen molar-refractivity contribution in [2.24, 2.45) is 0 Å². The number of hydrogen-bond donors (Lipinski definition) is 0. The molecule has 45 heavy (non-hydrogen) atoms. The van der Waals surface area contributed by atoms with Gasteiger partial charge in [0.15, 0.2) is 5.58 Å². The van der Waals surface area contributed by atoms with Crippen LogP contribution in [-0.4, -0.2) is 4.98 Å². The molecule has 212 valence electrons. The summed E-state index contributed by atoms with van der Waals surface area (Å²) in [5.41, 5.74) is 9.45. The van der Waals surface area contributed by atoms with E-state index in [9.17, 15) is 0 Å². The molecule has 0 amide bonds. The minimum absolute atomic E-state index is 0.617. The van der Waals surface area contributed by atoms with E-state index in [0.717, 1.165) is 66.8 Å². The van der Waals surface area contributed by atoms with Crippen LogP contribution in [0.4, 0.5) is 17.1 Å². The zero-order chi connectivity index (χ0) is 29.7. The van der Waals surface area contributed by atoms with E-state index in [2.05, 4.69) is 108 Å². The highest BCUT2D eigenvalue weighted by Gasteiger charge is 2.18. The number of rotatable bonds is 5. The highest BCUT2D eigenvalue weighted by molar-refractivity contribution is 6.06. The van der Waals surface area contributed by atoms with Gasteiger partial charge in [0.2, 0.25) is 5.89 Å². The number of hydrogen-bond acceptors (Lipinski definition) is 4. The van der Waals surface area contributed by atoms with Crippen molar-refractivity contribution in [3.63, 3.8) is 0 Å². The first kappa shape index (κ1) is 25.4. The van der Waals surface area contributed by atoms with Crippen molar-refractivity contribution < 1.29 is 8.83 Å². The zero-order valence-electron chi connectivity index (χ0n) is 24.2. The largest absolute Gasteiger partial charge is 0.456 e. The van der Waals surface area contributed by atoms with Gasteiger partial charge >= 0.3 is 0 Å². The van der Waals surface area contributed by atoms with Gasteiger partial charge in [0.25, 0.3) is 0 Å². The number of anilines is 3. The Morgan fingerprint density at radius 2 is 1.16 bits per heavy atom. The average Bonchev–Trinajstić information content (AvgIpc) is 3.71. The number of furan rings is 1. The van der Waals surface area contributed by atoms with Crippen LogP contribution in [0.3, 0.4) is 0 Å². The van der Waals surface area contributed by atoms with Gasteiger partial charge in [-0.1, -0.05) is 91.0 Å². The smallest absolute Gasteiger partial charge is 0.227 e. The highest BCUT2D eigenvalue weighted by Crippen LogP contribution is 2.41. The molecular formula is C41H26N2O2. The molecule has 4 nitrogen and oxygen atoms in total. The molecule has 2 aromatic heterocycles. The summed E-state index contributed by atoms with van der Waals surface area (Å²) in [6.07, 6.45) is 0. The molecule has 0 fully saturated rings. The van der Waals surface area contributed by atoms with E-state index in [4.69, 9.17) is 13.8 Å². The zero-order valence-corrected chi connectivity index (χ0v) is 24.2. The van der Waals surface area contributed by atoms with Crippen LogP contribution in [0.2, 0.25) is 0 Å². The third-order valence-electron chi connectivity index (χ3n) is 8.46. The molecular weight excluding hydrogens is 552 g/mol. The summed E-state index contributed by atoms with van der Waals surface area (Å²) in [5, 5.41) is 4.61. The van der Waals surface area contributed by atoms with Crippen LogP contribution in [0.1, 0.15) is 0 Å². The van der Waals surface area contributed by atoms with Gasteiger partial charge < -0.3 is 13.7 Å². The van der Waals surface area contributed by atoms with Crippen molar-refractivity contribution in [2.45, 2.75) is 0 Å². The van der Waals surface area contributed by atoms with E-state index in [1.54, 1.807) is 0 Å². The lowest BCUT2D eigenvalue weighted by molar-refractivity contribution is 0.621. The molecule has 9 rings (SSSR count). The molecule has 2 heterocycles. The first-order valence-electron chi connectivity index (χ1n) is 15.0. The Balaban J connectivity index is 1.22. The topological polar surface area (TPSA) is 42.4 Å². The third-order valence-corrected chi connectivity index (χ3v) is 8.46. The normalized spacial score (nSPS) is 11.6. The summed E-state index contributed by atoms with van der Waals surface area (Å²) in [5.74, 6) is 0.617. The fraction of sp³-hybridized carbons (Fsp3) is 0. The van der Waals surface area contributed by atoms with Crippen LogP contribution in [0, 0.1) is 0 Å². The number of aromatic nitrogens is 1. The molecule has 0 aliphatic rings. The van der Waals surface area contributed by atoms with Crippen LogP contribution < -0.4 is 4.90 Å². The molecule has 0 aliphatic heterocycles. The average molecular weight is 579 g/mol. The standard InChI is InChI=1S/C41H26N2O2/c1-2-11-28(12-3-1)41-42-37-18-9-17-34(40(37)45-41)30-14-8-15-31(25-30)43(32-21-20-27-10-4-5-13-29(27)24-32)33-22-23-36-35-16-6-7-19-38(35)44-39(36)26-33/h1-26H. The summed E-state index contributed by atoms with van der Waals surface area (Å²) in [6.45, 7) is 0. The van der Waals surface area contributed by atoms with Gasteiger partial charge in [0.05, 0.1) is 0 Å². The SMILES string of the molecule is c1ccc(-c2nc3cccc(-c4cccc(N(c5ccc6ccccc6c5)c5ccc6c(c5)oc5ccccc56)c4)c3o2)cc1.